The van der Waals surface area contributed by atoms with Crippen molar-refractivity contribution < 1.29 is 9.53 Å². The molecule has 0 fully saturated rings. The quantitative estimate of drug-likeness (QED) is 0.216. The smallest absolute Gasteiger partial charge is 0.214 e. The lowest BCUT2D eigenvalue weighted by Gasteiger charge is -2.11. The van der Waals surface area contributed by atoms with E-state index in [1.807, 2.05) is 31.2 Å². The van der Waals surface area contributed by atoms with Gasteiger partial charge in [-0.2, -0.15) is 10.4 Å². The van der Waals surface area contributed by atoms with Crippen LogP contribution in [0, 0.1) is 18.3 Å². The Kier molecular flexibility index (Phi) is 8.52. The summed E-state index contributed by atoms with van der Waals surface area (Å²) in [5.41, 5.74) is 3.44. The minimum absolute atomic E-state index is 0.104. The molecule has 4 rings (SSSR count). The van der Waals surface area contributed by atoms with Crippen molar-refractivity contribution in [1.82, 2.24) is 20.1 Å². The molecule has 2 N–H and O–H groups in total. The summed E-state index contributed by atoms with van der Waals surface area (Å²) in [6.07, 6.45) is 2.46. The molecular weight excluding hydrogens is 488 g/mol. The lowest BCUT2D eigenvalue weighted by atomic mass is 10.0. The molecule has 0 unspecified atom stereocenters. The predicted molar refractivity (Wildman–Crippen MR) is 144 cm³/mol. The van der Waals surface area contributed by atoms with Crippen LogP contribution in [-0.2, 0) is 6.54 Å². The Bertz CT molecular complexity index is 1390. The number of carbonyl (C=O) groups is 1. The molecule has 2 heterocycles. The topological polar surface area (TPSA) is 105 Å². The molecule has 0 atom stereocenters. The van der Waals surface area contributed by atoms with Crippen LogP contribution < -0.4 is 15.4 Å². The molecular formula is C28H27ClN6O2. The first-order valence-electron chi connectivity index (χ1n) is 11.8. The Morgan fingerprint density at radius 2 is 1.84 bits per heavy atom. The van der Waals surface area contributed by atoms with Crippen molar-refractivity contribution in [1.29, 1.82) is 5.26 Å². The summed E-state index contributed by atoms with van der Waals surface area (Å²) in [6, 6.07) is 20.3. The highest BCUT2D eigenvalue weighted by molar-refractivity contribution is 6.30. The molecule has 0 bridgehead atoms. The van der Waals surface area contributed by atoms with Crippen molar-refractivity contribution in [2.45, 2.75) is 19.9 Å². The summed E-state index contributed by atoms with van der Waals surface area (Å²) in [5.74, 6) is 0.886. The van der Waals surface area contributed by atoms with Crippen LogP contribution >= 0.6 is 11.6 Å². The van der Waals surface area contributed by atoms with Gasteiger partial charge in [-0.1, -0.05) is 41.4 Å². The standard InChI is InChI=1S/C28H27ClN6O2/c1-19-4-6-20(7-5-19)27(36)26-25(16-30)28(35(34-26)23-11-8-21(29)9-12-23)32-15-3-14-31-17-22-10-13-24(37-2)18-33-22/h4-13,18,31-32H,3,14-15,17H2,1-2H3. The number of aryl methyl sites for hydroxylation is 1. The van der Waals surface area contributed by atoms with Gasteiger partial charge < -0.3 is 15.4 Å². The number of nitrogens with zero attached hydrogens (tertiary/aromatic N) is 4. The van der Waals surface area contributed by atoms with Crippen molar-refractivity contribution in [3.05, 3.63) is 100.0 Å². The molecule has 0 aliphatic rings. The Balaban J connectivity index is 1.49. The zero-order chi connectivity index (χ0) is 26.2. The molecule has 0 saturated carbocycles. The summed E-state index contributed by atoms with van der Waals surface area (Å²) >= 11 is 6.07. The number of ketones is 1. The van der Waals surface area contributed by atoms with Crippen molar-refractivity contribution in [2.75, 3.05) is 25.5 Å². The normalized spacial score (nSPS) is 10.6. The van der Waals surface area contributed by atoms with Crippen LogP contribution in [0.2, 0.25) is 5.02 Å². The molecule has 0 spiro atoms. The molecule has 2 aromatic carbocycles. The van der Waals surface area contributed by atoms with Gasteiger partial charge in [-0.3, -0.25) is 9.78 Å². The van der Waals surface area contributed by atoms with Crippen LogP contribution in [0.25, 0.3) is 5.69 Å². The van der Waals surface area contributed by atoms with Gasteiger partial charge >= 0.3 is 0 Å². The summed E-state index contributed by atoms with van der Waals surface area (Å²) in [6.45, 7) is 3.88. The van der Waals surface area contributed by atoms with Gasteiger partial charge in [0.1, 0.15) is 23.2 Å². The lowest BCUT2D eigenvalue weighted by Crippen LogP contribution is -2.19. The molecule has 9 heteroatoms. The summed E-state index contributed by atoms with van der Waals surface area (Å²) < 4.78 is 6.72. The number of methoxy groups -OCH3 is 1. The first kappa shape index (κ1) is 25.9. The van der Waals surface area contributed by atoms with E-state index in [1.165, 1.54) is 0 Å². The largest absolute Gasteiger partial charge is 0.495 e. The third kappa shape index (κ3) is 6.33. The van der Waals surface area contributed by atoms with Crippen molar-refractivity contribution in [3.8, 4) is 17.5 Å². The van der Waals surface area contributed by atoms with E-state index in [1.54, 1.807) is 54.4 Å². The van der Waals surface area contributed by atoms with E-state index in [9.17, 15) is 10.1 Å². The Hall–Kier alpha value is -4.19. The highest BCUT2D eigenvalue weighted by Crippen LogP contribution is 2.26. The van der Waals surface area contributed by atoms with Crippen LogP contribution in [0.1, 0.15) is 39.3 Å². The van der Waals surface area contributed by atoms with Crippen molar-refractivity contribution in [3.63, 3.8) is 0 Å². The number of hydrogen-bond acceptors (Lipinski definition) is 7. The van der Waals surface area contributed by atoms with E-state index < -0.39 is 0 Å². The van der Waals surface area contributed by atoms with Gasteiger partial charge in [0.05, 0.1) is 24.7 Å². The van der Waals surface area contributed by atoms with E-state index in [2.05, 4.69) is 26.8 Å². The number of pyridine rings is 1. The van der Waals surface area contributed by atoms with Crippen LogP contribution in [0.15, 0.2) is 66.9 Å². The van der Waals surface area contributed by atoms with Crippen LogP contribution in [0.5, 0.6) is 5.75 Å². The molecule has 37 heavy (non-hydrogen) atoms. The second kappa shape index (κ2) is 12.2. The SMILES string of the molecule is COc1ccc(CNCCCNc2c(C#N)c(C(=O)c3ccc(C)cc3)nn2-c2ccc(Cl)cc2)nc1. The predicted octanol–water partition coefficient (Wildman–Crippen LogP) is 4.93. The van der Waals surface area contributed by atoms with Crippen LogP contribution in [0.3, 0.4) is 0 Å². The van der Waals surface area contributed by atoms with Gasteiger partial charge in [-0.05, 0) is 56.3 Å². The third-order valence-corrected chi connectivity index (χ3v) is 6.01. The molecule has 2 aromatic heterocycles. The number of ether oxygens (including phenoxy) is 1. The molecule has 0 amide bonds. The second-order valence-corrected chi connectivity index (χ2v) is 8.85. The number of nitriles is 1. The van der Waals surface area contributed by atoms with E-state index >= 15 is 0 Å². The van der Waals surface area contributed by atoms with Crippen LogP contribution in [0.4, 0.5) is 5.82 Å². The average Bonchev–Trinajstić information content (AvgIpc) is 3.29. The van der Waals surface area contributed by atoms with Gasteiger partial charge in [0.2, 0.25) is 5.78 Å². The minimum atomic E-state index is -0.305. The van der Waals surface area contributed by atoms with Crippen LogP contribution in [-0.4, -0.2) is 40.7 Å². The number of anilines is 1. The average molecular weight is 515 g/mol. The third-order valence-electron chi connectivity index (χ3n) is 5.76. The lowest BCUT2D eigenvalue weighted by molar-refractivity contribution is 0.103. The van der Waals surface area contributed by atoms with Gasteiger partial charge in [-0.25, -0.2) is 4.68 Å². The first-order chi connectivity index (χ1) is 18.0. The van der Waals surface area contributed by atoms with E-state index in [0.29, 0.717) is 35.2 Å². The number of benzene rings is 2. The molecule has 188 valence electrons. The number of nitrogens with one attached hydrogen (secondary N) is 2. The highest BCUT2D eigenvalue weighted by atomic mass is 35.5. The monoisotopic (exact) mass is 514 g/mol. The Morgan fingerprint density at radius 1 is 1.08 bits per heavy atom. The summed E-state index contributed by atoms with van der Waals surface area (Å²) in [4.78, 5) is 17.6. The highest BCUT2D eigenvalue weighted by Gasteiger charge is 2.25. The van der Waals surface area contributed by atoms with E-state index in [4.69, 9.17) is 16.3 Å². The Labute approximate surface area is 220 Å². The fourth-order valence-electron chi connectivity index (χ4n) is 3.73. The molecule has 8 nitrogen and oxygen atoms in total. The Morgan fingerprint density at radius 3 is 2.49 bits per heavy atom. The number of rotatable bonds is 11. The molecule has 0 aliphatic carbocycles. The van der Waals surface area contributed by atoms with Crippen molar-refractivity contribution >= 4 is 23.2 Å². The number of halogens is 1. The maximum absolute atomic E-state index is 13.3. The zero-order valence-corrected chi connectivity index (χ0v) is 21.4. The molecule has 0 aliphatic heterocycles. The second-order valence-electron chi connectivity index (χ2n) is 8.41. The van der Waals surface area contributed by atoms with E-state index in [-0.39, 0.29) is 17.0 Å². The van der Waals surface area contributed by atoms with Gasteiger partial charge in [0.25, 0.3) is 0 Å². The fourth-order valence-corrected chi connectivity index (χ4v) is 3.86. The first-order valence-corrected chi connectivity index (χ1v) is 12.2. The molecule has 4 aromatic rings. The van der Waals surface area contributed by atoms with Crippen molar-refractivity contribution in [2.24, 2.45) is 0 Å². The number of hydrogen-bond donors (Lipinski definition) is 2. The van der Waals surface area contributed by atoms with Gasteiger partial charge in [-0.15, -0.1) is 0 Å². The maximum Gasteiger partial charge on any atom is 0.214 e. The number of carbonyl (C=O) groups excluding carboxylic acids is 1. The summed E-state index contributed by atoms with van der Waals surface area (Å²) in [5, 5.41) is 21.8. The molecule has 0 saturated heterocycles. The minimum Gasteiger partial charge on any atom is -0.495 e. The fraction of sp³-hybridized carbons (Fsp3) is 0.214. The maximum atomic E-state index is 13.3. The number of aromatic nitrogens is 3. The van der Waals surface area contributed by atoms with Gasteiger partial charge in [0, 0.05) is 23.7 Å². The molecule has 0 radical (unpaired) electrons. The van der Waals surface area contributed by atoms with E-state index in [0.717, 1.165) is 30.0 Å². The van der Waals surface area contributed by atoms with Gasteiger partial charge in [0.15, 0.2) is 5.69 Å². The zero-order valence-electron chi connectivity index (χ0n) is 20.7. The summed E-state index contributed by atoms with van der Waals surface area (Å²) in [7, 11) is 1.61.